The topological polar surface area (TPSA) is 64.8 Å². The van der Waals surface area contributed by atoms with Crippen LogP contribution in [0.1, 0.15) is 12.8 Å². The molecule has 5 heteroatoms. The zero-order chi connectivity index (χ0) is 11.1. The number of amides is 1. The van der Waals surface area contributed by atoms with Crippen LogP contribution in [0.15, 0.2) is 0 Å². The first kappa shape index (κ1) is 12.4. The molecule has 1 fully saturated rings. The van der Waals surface area contributed by atoms with E-state index in [1.54, 1.807) is 11.9 Å². The first-order valence-electron chi connectivity index (χ1n) is 5.37. The van der Waals surface area contributed by atoms with Gasteiger partial charge in [-0.15, -0.1) is 0 Å². The Morgan fingerprint density at radius 3 is 2.87 bits per heavy atom. The van der Waals surface area contributed by atoms with Gasteiger partial charge < -0.3 is 20.1 Å². The summed E-state index contributed by atoms with van der Waals surface area (Å²) in [5, 5.41) is 0. The number of nitrogens with zero attached hydrogens (tertiary/aromatic N) is 1. The van der Waals surface area contributed by atoms with Crippen molar-refractivity contribution in [3.8, 4) is 0 Å². The lowest BCUT2D eigenvalue weighted by atomic mass is 10.3. The summed E-state index contributed by atoms with van der Waals surface area (Å²) in [7, 11) is 1.80. The summed E-state index contributed by atoms with van der Waals surface area (Å²) >= 11 is 0. The molecule has 1 aliphatic heterocycles. The molecule has 15 heavy (non-hydrogen) atoms. The maximum Gasteiger partial charge on any atom is 0.224 e. The maximum absolute atomic E-state index is 11.5. The number of nitrogens with two attached hydrogens (primary N) is 1. The molecule has 1 aliphatic rings. The van der Waals surface area contributed by atoms with Gasteiger partial charge in [-0.25, -0.2) is 0 Å². The van der Waals surface area contributed by atoms with Crippen LogP contribution in [-0.4, -0.2) is 56.9 Å². The molecule has 2 N–H and O–H groups in total. The van der Waals surface area contributed by atoms with Crippen LogP contribution in [0.3, 0.4) is 0 Å². The molecule has 0 aromatic heterocycles. The molecule has 0 aromatic carbocycles. The number of ether oxygens (including phenoxy) is 2. The van der Waals surface area contributed by atoms with Crippen molar-refractivity contribution in [2.75, 3.05) is 40.0 Å². The van der Waals surface area contributed by atoms with Crippen molar-refractivity contribution in [3.63, 3.8) is 0 Å². The van der Waals surface area contributed by atoms with Crippen molar-refractivity contribution >= 4 is 5.91 Å². The van der Waals surface area contributed by atoms with Gasteiger partial charge in [-0.05, 0) is 13.0 Å². The van der Waals surface area contributed by atoms with E-state index >= 15 is 0 Å². The van der Waals surface area contributed by atoms with Crippen molar-refractivity contribution in [1.29, 1.82) is 0 Å². The molecule has 0 saturated carbocycles. The average molecular weight is 216 g/mol. The normalized spacial score (nSPS) is 16.1. The van der Waals surface area contributed by atoms with Crippen LogP contribution in [-0.2, 0) is 14.3 Å². The molecule has 1 rings (SSSR count). The largest absolute Gasteiger partial charge is 0.376 e. The van der Waals surface area contributed by atoms with E-state index in [0.29, 0.717) is 32.8 Å². The van der Waals surface area contributed by atoms with Crippen molar-refractivity contribution in [1.82, 2.24) is 4.90 Å². The highest BCUT2D eigenvalue weighted by molar-refractivity contribution is 5.75. The predicted molar refractivity (Wildman–Crippen MR) is 56.5 cm³/mol. The summed E-state index contributed by atoms with van der Waals surface area (Å²) < 4.78 is 10.4. The van der Waals surface area contributed by atoms with Gasteiger partial charge in [-0.2, -0.15) is 0 Å². The molecule has 0 aliphatic carbocycles. The van der Waals surface area contributed by atoms with Crippen LogP contribution in [0, 0.1) is 0 Å². The number of hydrogen-bond acceptors (Lipinski definition) is 4. The maximum atomic E-state index is 11.5. The zero-order valence-corrected chi connectivity index (χ0v) is 9.28. The lowest BCUT2D eigenvalue weighted by Crippen LogP contribution is -2.37. The molecule has 1 saturated heterocycles. The van der Waals surface area contributed by atoms with E-state index in [9.17, 15) is 4.79 Å². The summed E-state index contributed by atoms with van der Waals surface area (Å²) in [5.41, 5.74) is 5.37. The highest BCUT2D eigenvalue weighted by atomic mass is 16.6. The van der Waals surface area contributed by atoms with Crippen LogP contribution >= 0.6 is 0 Å². The molecule has 0 unspecified atom stereocenters. The predicted octanol–water partition coefficient (Wildman–Crippen LogP) is -0.401. The van der Waals surface area contributed by atoms with E-state index in [2.05, 4.69) is 0 Å². The minimum absolute atomic E-state index is 0.115. The van der Waals surface area contributed by atoms with Gasteiger partial charge in [-0.1, -0.05) is 0 Å². The summed E-state index contributed by atoms with van der Waals surface area (Å²) in [6.45, 7) is 3.16. The fourth-order valence-electron chi connectivity index (χ4n) is 1.27. The van der Waals surface area contributed by atoms with Crippen LogP contribution in [0.4, 0.5) is 0 Å². The Bertz CT molecular complexity index is 195. The Morgan fingerprint density at radius 2 is 2.33 bits per heavy atom. The number of carbonyl (C=O) groups excluding carboxylic acids is 1. The van der Waals surface area contributed by atoms with Crippen molar-refractivity contribution in [2.45, 2.75) is 18.9 Å². The van der Waals surface area contributed by atoms with Gasteiger partial charge in [0.2, 0.25) is 5.91 Å². The van der Waals surface area contributed by atoms with E-state index in [1.807, 2.05) is 0 Å². The molecule has 0 atom stereocenters. The van der Waals surface area contributed by atoms with E-state index in [1.165, 1.54) is 0 Å². The third-order valence-corrected chi connectivity index (χ3v) is 2.40. The van der Waals surface area contributed by atoms with Crippen molar-refractivity contribution in [2.24, 2.45) is 5.73 Å². The second-order valence-electron chi connectivity index (χ2n) is 3.74. The minimum atomic E-state index is 0.115. The molecular weight excluding hydrogens is 196 g/mol. The lowest BCUT2D eigenvalue weighted by molar-refractivity contribution is -0.142. The Kier molecular flexibility index (Phi) is 5.60. The Labute approximate surface area is 90.5 Å². The second kappa shape index (κ2) is 6.76. The molecule has 5 nitrogen and oxygen atoms in total. The van der Waals surface area contributed by atoms with Gasteiger partial charge >= 0.3 is 0 Å². The third kappa shape index (κ3) is 4.59. The Morgan fingerprint density at radius 1 is 1.60 bits per heavy atom. The molecule has 88 valence electrons. The van der Waals surface area contributed by atoms with Crippen LogP contribution in [0.2, 0.25) is 0 Å². The summed E-state index contributed by atoms with van der Waals surface area (Å²) in [6, 6.07) is 0. The van der Waals surface area contributed by atoms with Gasteiger partial charge in [0.25, 0.3) is 0 Å². The molecule has 0 spiro atoms. The van der Waals surface area contributed by atoms with Gasteiger partial charge in [0, 0.05) is 13.6 Å². The van der Waals surface area contributed by atoms with E-state index in [0.717, 1.165) is 13.0 Å². The standard InChI is InChI=1S/C10H20N2O3/c1-12(5-2-4-11)10(13)3-6-15-9-7-14-8-9/h9H,2-8,11H2,1H3. The smallest absolute Gasteiger partial charge is 0.224 e. The van der Waals surface area contributed by atoms with Crippen LogP contribution < -0.4 is 5.73 Å². The molecule has 1 heterocycles. The summed E-state index contributed by atoms with van der Waals surface area (Å²) in [6.07, 6.45) is 1.49. The van der Waals surface area contributed by atoms with Crippen molar-refractivity contribution < 1.29 is 14.3 Å². The summed E-state index contributed by atoms with van der Waals surface area (Å²) in [4.78, 5) is 13.2. The van der Waals surface area contributed by atoms with E-state index in [-0.39, 0.29) is 12.0 Å². The first-order valence-corrected chi connectivity index (χ1v) is 5.37. The number of rotatable bonds is 7. The highest BCUT2D eigenvalue weighted by Crippen LogP contribution is 2.05. The molecule has 1 amide bonds. The second-order valence-corrected chi connectivity index (χ2v) is 3.74. The lowest BCUT2D eigenvalue weighted by Gasteiger charge is -2.26. The summed E-state index contributed by atoms with van der Waals surface area (Å²) in [5.74, 6) is 0.115. The zero-order valence-electron chi connectivity index (χ0n) is 9.28. The third-order valence-electron chi connectivity index (χ3n) is 2.40. The SMILES string of the molecule is CN(CCCN)C(=O)CCOC1COC1. The Hall–Kier alpha value is -0.650. The minimum Gasteiger partial charge on any atom is -0.376 e. The highest BCUT2D eigenvalue weighted by Gasteiger charge is 2.19. The quantitative estimate of drug-likeness (QED) is 0.629. The monoisotopic (exact) mass is 216 g/mol. The van der Waals surface area contributed by atoms with Gasteiger partial charge in [-0.3, -0.25) is 4.79 Å². The van der Waals surface area contributed by atoms with E-state index < -0.39 is 0 Å². The van der Waals surface area contributed by atoms with Gasteiger partial charge in [0.15, 0.2) is 0 Å². The molecular formula is C10H20N2O3. The fraction of sp³-hybridized carbons (Fsp3) is 0.900. The first-order chi connectivity index (χ1) is 7.24. The molecule has 0 aromatic rings. The van der Waals surface area contributed by atoms with Gasteiger partial charge in [0.1, 0.15) is 6.10 Å². The average Bonchev–Trinajstić information content (AvgIpc) is 2.17. The molecule has 0 radical (unpaired) electrons. The van der Waals surface area contributed by atoms with Crippen molar-refractivity contribution in [3.05, 3.63) is 0 Å². The number of carbonyl (C=O) groups is 1. The molecule has 0 bridgehead atoms. The van der Waals surface area contributed by atoms with Gasteiger partial charge in [0.05, 0.1) is 26.2 Å². The fourth-order valence-corrected chi connectivity index (χ4v) is 1.27. The van der Waals surface area contributed by atoms with Crippen LogP contribution in [0.25, 0.3) is 0 Å². The van der Waals surface area contributed by atoms with Crippen LogP contribution in [0.5, 0.6) is 0 Å². The number of hydrogen-bond donors (Lipinski definition) is 1. The van der Waals surface area contributed by atoms with E-state index in [4.69, 9.17) is 15.2 Å². The Balaban J connectivity index is 2.00.